The molecule has 11 nitrogen and oxygen atoms in total. The lowest BCUT2D eigenvalue weighted by Crippen LogP contribution is -2.32. The van der Waals surface area contributed by atoms with Gasteiger partial charge in [0.05, 0.1) is 24.1 Å². The van der Waals surface area contributed by atoms with Gasteiger partial charge >= 0.3 is 0 Å². The van der Waals surface area contributed by atoms with E-state index in [0.717, 1.165) is 11.1 Å². The van der Waals surface area contributed by atoms with Crippen LogP contribution in [0.1, 0.15) is 54.1 Å². The van der Waals surface area contributed by atoms with Gasteiger partial charge in [0.25, 0.3) is 15.9 Å². The zero-order valence-electron chi connectivity index (χ0n) is 25.5. The van der Waals surface area contributed by atoms with E-state index >= 15 is 0 Å². The maximum Gasteiger partial charge on any atom is 0.281 e. The van der Waals surface area contributed by atoms with Gasteiger partial charge in [0, 0.05) is 11.6 Å². The van der Waals surface area contributed by atoms with Crippen molar-refractivity contribution in [1.82, 2.24) is 19.9 Å². The summed E-state index contributed by atoms with van der Waals surface area (Å²) in [7, 11) is -4.33. The second-order valence-corrected chi connectivity index (χ2v) is 12.6. The van der Waals surface area contributed by atoms with E-state index in [-0.39, 0.29) is 40.4 Å². The highest BCUT2D eigenvalue weighted by Gasteiger charge is 2.25. The molecule has 1 aliphatic rings. The first-order chi connectivity index (χ1) is 21.9. The molecule has 0 spiro atoms. The van der Waals surface area contributed by atoms with E-state index in [0.29, 0.717) is 29.2 Å². The van der Waals surface area contributed by atoms with Crippen molar-refractivity contribution < 1.29 is 36.6 Å². The zero-order chi connectivity index (χ0) is 33.0. The number of nitrogens with one attached hydrogen (secondary N) is 2. The van der Waals surface area contributed by atoms with Gasteiger partial charge in [-0.1, -0.05) is 26.0 Å². The third-order valence-electron chi connectivity index (χ3n) is 6.75. The summed E-state index contributed by atoms with van der Waals surface area (Å²) in [5.74, 6) is -0.630. The van der Waals surface area contributed by atoms with Gasteiger partial charge in [-0.3, -0.25) is 14.7 Å². The number of fused-ring (bicyclic) bond motifs is 1. The van der Waals surface area contributed by atoms with Gasteiger partial charge in [-0.25, -0.2) is 14.1 Å². The average molecular weight is 647 g/mol. The molecule has 1 amide bonds. The van der Waals surface area contributed by atoms with Crippen molar-refractivity contribution in [3.8, 4) is 28.5 Å². The van der Waals surface area contributed by atoms with Gasteiger partial charge in [0.15, 0.2) is 16.5 Å². The van der Waals surface area contributed by atoms with Crippen molar-refractivity contribution in [3.05, 3.63) is 101 Å². The average Bonchev–Trinajstić information content (AvgIpc) is 3.72. The number of nitrogens with zero attached hydrogens (tertiary/aromatic N) is 2. The highest BCUT2D eigenvalue weighted by atomic mass is 32.2. The molecule has 5 rings (SSSR count). The van der Waals surface area contributed by atoms with Crippen LogP contribution in [0.2, 0.25) is 0 Å². The number of aromatic amines is 1. The SMILES string of the molecule is CC(=CC(=O)c1nc(-c2cc(F)cc(OCC(C)C)c2)ccc1C(=O)NS(=O)(=O)c1ccn[nH]1)C=C(C)c1ccc2c(c1)OCO2. The molecule has 0 aliphatic carbocycles. The van der Waals surface area contributed by atoms with Crippen LogP contribution in [-0.2, 0) is 10.0 Å². The van der Waals surface area contributed by atoms with Gasteiger partial charge in [0.1, 0.15) is 17.3 Å². The number of halogens is 1. The van der Waals surface area contributed by atoms with Gasteiger partial charge in [0.2, 0.25) is 12.6 Å². The molecule has 1 aliphatic heterocycles. The Morgan fingerprint density at radius 2 is 1.83 bits per heavy atom. The molecule has 0 saturated carbocycles. The van der Waals surface area contributed by atoms with Gasteiger partial charge in [-0.2, -0.15) is 13.5 Å². The molecule has 46 heavy (non-hydrogen) atoms. The van der Waals surface area contributed by atoms with E-state index < -0.39 is 27.5 Å². The Kier molecular flexibility index (Phi) is 9.33. The number of carbonyl (C=O) groups is 2. The number of rotatable bonds is 11. The smallest absolute Gasteiger partial charge is 0.281 e. The first kappa shape index (κ1) is 32.1. The molecule has 3 heterocycles. The Morgan fingerprint density at radius 3 is 2.57 bits per heavy atom. The summed E-state index contributed by atoms with van der Waals surface area (Å²) in [4.78, 5) is 31.4. The number of ether oxygens (including phenoxy) is 3. The third-order valence-corrected chi connectivity index (χ3v) is 8.01. The largest absolute Gasteiger partial charge is 0.493 e. The first-order valence-corrected chi connectivity index (χ1v) is 15.7. The third kappa shape index (κ3) is 7.49. The Hall–Kier alpha value is -5.30. The minimum atomic E-state index is -4.33. The van der Waals surface area contributed by atoms with E-state index in [2.05, 4.69) is 15.2 Å². The van der Waals surface area contributed by atoms with Crippen LogP contribution in [0.15, 0.2) is 83.5 Å². The maximum atomic E-state index is 14.6. The number of H-pyrrole nitrogens is 1. The Balaban J connectivity index is 1.51. The van der Waals surface area contributed by atoms with Crippen LogP contribution >= 0.6 is 0 Å². The lowest BCUT2D eigenvalue weighted by Gasteiger charge is -2.12. The van der Waals surface area contributed by atoms with Crippen LogP contribution in [0.5, 0.6) is 17.2 Å². The van der Waals surface area contributed by atoms with E-state index in [1.807, 2.05) is 37.6 Å². The fraction of sp³-hybridized carbons (Fsp3) is 0.212. The molecule has 2 N–H and O–H groups in total. The van der Waals surface area contributed by atoms with Crippen LogP contribution in [-0.4, -0.2) is 48.7 Å². The topological polar surface area (TPSA) is 150 Å². The number of aromatic nitrogens is 3. The van der Waals surface area contributed by atoms with Crippen molar-refractivity contribution in [2.24, 2.45) is 5.92 Å². The molecule has 238 valence electrons. The molecule has 0 fully saturated rings. The van der Waals surface area contributed by atoms with Crippen molar-refractivity contribution in [2.75, 3.05) is 13.4 Å². The monoisotopic (exact) mass is 646 g/mol. The number of benzene rings is 2. The Labute approximate surface area is 265 Å². The van der Waals surface area contributed by atoms with Crippen molar-refractivity contribution in [1.29, 1.82) is 0 Å². The molecule has 13 heteroatoms. The summed E-state index contributed by atoms with van der Waals surface area (Å²) in [6.45, 7) is 7.97. The fourth-order valence-electron chi connectivity index (χ4n) is 4.56. The number of hydrogen-bond acceptors (Lipinski definition) is 9. The summed E-state index contributed by atoms with van der Waals surface area (Å²) in [5, 5.41) is 5.55. The van der Waals surface area contributed by atoms with Crippen LogP contribution in [0.3, 0.4) is 0 Å². The van der Waals surface area contributed by atoms with Crippen molar-refractivity contribution >= 4 is 27.3 Å². The number of sulfonamides is 1. The van der Waals surface area contributed by atoms with Gasteiger partial charge in [-0.05, 0) is 85.0 Å². The Morgan fingerprint density at radius 1 is 1.04 bits per heavy atom. The Bertz CT molecular complexity index is 1970. The van der Waals surface area contributed by atoms with Crippen molar-refractivity contribution in [3.63, 3.8) is 0 Å². The molecule has 4 aromatic rings. The van der Waals surface area contributed by atoms with E-state index in [1.54, 1.807) is 25.1 Å². The predicted octanol–water partition coefficient (Wildman–Crippen LogP) is 5.73. The van der Waals surface area contributed by atoms with E-state index in [9.17, 15) is 22.4 Å². The summed E-state index contributed by atoms with van der Waals surface area (Å²) in [5.41, 5.74) is 2.02. The van der Waals surface area contributed by atoms with Crippen molar-refractivity contribution in [2.45, 2.75) is 32.7 Å². The van der Waals surface area contributed by atoms with Crippen LogP contribution < -0.4 is 18.9 Å². The normalized spacial score (nSPS) is 13.2. The van der Waals surface area contributed by atoms with Crippen LogP contribution in [0, 0.1) is 11.7 Å². The molecular weight excluding hydrogens is 615 g/mol. The van der Waals surface area contributed by atoms with Crippen LogP contribution in [0.4, 0.5) is 4.39 Å². The van der Waals surface area contributed by atoms with Gasteiger partial charge in [-0.15, -0.1) is 0 Å². The van der Waals surface area contributed by atoms with E-state index in [1.165, 1.54) is 42.6 Å². The highest BCUT2D eigenvalue weighted by Crippen LogP contribution is 2.34. The number of allylic oxidation sites excluding steroid dienone is 4. The molecule has 0 unspecified atom stereocenters. The summed E-state index contributed by atoms with van der Waals surface area (Å²) >= 11 is 0. The molecule has 0 saturated heterocycles. The minimum absolute atomic E-state index is 0.141. The second-order valence-electron chi connectivity index (χ2n) is 11.0. The minimum Gasteiger partial charge on any atom is -0.493 e. The fourth-order valence-corrected chi connectivity index (χ4v) is 5.43. The lowest BCUT2D eigenvalue weighted by molar-refractivity contribution is 0.0965. The number of carbonyl (C=O) groups excluding carboxylic acids is 2. The quantitative estimate of drug-likeness (QED) is 0.118. The number of ketones is 1. The zero-order valence-corrected chi connectivity index (χ0v) is 26.3. The lowest BCUT2D eigenvalue weighted by atomic mass is 10.0. The summed E-state index contributed by atoms with van der Waals surface area (Å²) in [6.07, 6.45) is 4.27. The number of pyridine rings is 1. The predicted molar refractivity (Wildman–Crippen MR) is 168 cm³/mol. The van der Waals surface area contributed by atoms with E-state index in [4.69, 9.17) is 14.2 Å². The molecule has 2 aromatic heterocycles. The standard InChI is InChI=1S/C33H31FN4O7S/c1-19(2)17-43-25-14-23(13-24(34)16-25)27-7-6-26(33(40)38-46(41,42)31-9-10-35-37-31)32(36-27)28(39)12-20(3)11-21(4)22-5-8-29-30(15-22)45-18-44-29/h5-16,19H,17-18H2,1-4H3,(H,35,37)(H,38,40). The molecule has 2 aromatic carbocycles. The number of hydrogen-bond donors (Lipinski definition) is 2. The second kappa shape index (κ2) is 13.4. The van der Waals surface area contributed by atoms with Gasteiger partial charge < -0.3 is 14.2 Å². The molecule has 0 atom stereocenters. The molecule has 0 bridgehead atoms. The van der Waals surface area contributed by atoms with Crippen LogP contribution in [0.25, 0.3) is 16.8 Å². The first-order valence-electron chi connectivity index (χ1n) is 14.2. The maximum absolute atomic E-state index is 14.6. The molecule has 0 radical (unpaired) electrons. The summed E-state index contributed by atoms with van der Waals surface area (Å²) in [6, 6.07) is 13.4. The highest BCUT2D eigenvalue weighted by molar-refractivity contribution is 7.90. The summed E-state index contributed by atoms with van der Waals surface area (Å²) < 4.78 is 58.5. The number of amides is 1. The molecular formula is C33H31FN4O7S.